The van der Waals surface area contributed by atoms with Crippen LogP contribution in [0.5, 0.6) is 0 Å². The highest BCUT2D eigenvalue weighted by Crippen LogP contribution is 2.23. The van der Waals surface area contributed by atoms with Gasteiger partial charge in [-0.2, -0.15) is 0 Å². The third-order valence-corrected chi connectivity index (χ3v) is 4.50. The number of nitrogens with zero attached hydrogens (tertiary/aromatic N) is 2. The first-order chi connectivity index (χ1) is 11.6. The first-order valence-electron chi connectivity index (χ1n) is 8.31. The number of hydrogen-bond donors (Lipinski definition) is 1. The summed E-state index contributed by atoms with van der Waals surface area (Å²) in [7, 11) is 0. The summed E-state index contributed by atoms with van der Waals surface area (Å²) in [6.45, 7) is 1.88. The van der Waals surface area contributed by atoms with Gasteiger partial charge in [0.25, 0.3) is 5.91 Å². The van der Waals surface area contributed by atoms with E-state index in [2.05, 4.69) is 22.2 Å². The number of hydrogen-bond acceptors (Lipinski definition) is 5. The van der Waals surface area contributed by atoms with Crippen LogP contribution < -0.4 is 5.32 Å². The van der Waals surface area contributed by atoms with E-state index in [9.17, 15) is 9.59 Å². The molecule has 2 atom stereocenters. The predicted molar refractivity (Wildman–Crippen MR) is 89.4 cm³/mol. The zero-order chi connectivity index (χ0) is 16.9. The predicted octanol–water partition coefficient (Wildman–Crippen LogP) is 2.48. The number of aromatic nitrogens is 2. The average Bonchev–Trinajstić information content (AvgIpc) is 2.61. The molecule has 1 aromatic carbocycles. The molecule has 1 aliphatic carbocycles. The van der Waals surface area contributed by atoms with Crippen LogP contribution in [0, 0.1) is 5.92 Å². The van der Waals surface area contributed by atoms with Crippen LogP contribution in [0.4, 0.5) is 0 Å². The van der Waals surface area contributed by atoms with E-state index in [-0.39, 0.29) is 18.6 Å². The summed E-state index contributed by atoms with van der Waals surface area (Å²) in [6, 6.07) is 5.13. The van der Waals surface area contributed by atoms with Gasteiger partial charge >= 0.3 is 5.97 Å². The summed E-state index contributed by atoms with van der Waals surface area (Å²) in [5.74, 6) is -0.311. The normalized spacial score (nSPS) is 20.5. The van der Waals surface area contributed by atoms with Crippen LogP contribution in [0.2, 0.25) is 0 Å². The van der Waals surface area contributed by atoms with E-state index in [1.54, 1.807) is 30.6 Å². The van der Waals surface area contributed by atoms with Crippen LogP contribution in [0.25, 0.3) is 11.0 Å². The number of ether oxygens (including phenoxy) is 1. The number of carbonyl (C=O) groups is 2. The Labute approximate surface area is 140 Å². The molecule has 0 spiro atoms. The summed E-state index contributed by atoms with van der Waals surface area (Å²) < 4.78 is 5.12. The first-order valence-corrected chi connectivity index (χ1v) is 8.31. The van der Waals surface area contributed by atoms with Crippen LogP contribution in [-0.4, -0.2) is 34.5 Å². The van der Waals surface area contributed by atoms with Gasteiger partial charge in [0.2, 0.25) is 0 Å². The highest BCUT2D eigenvalue weighted by atomic mass is 16.5. The molecule has 6 heteroatoms. The Hall–Kier alpha value is -2.50. The fraction of sp³-hybridized carbons (Fsp3) is 0.444. The third kappa shape index (κ3) is 3.88. The molecule has 1 aliphatic rings. The van der Waals surface area contributed by atoms with Crippen molar-refractivity contribution in [3.63, 3.8) is 0 Å². The topological polar surface area (TPSA) is 81.2 Å². The third-order valence-electron chi connectivity index (χ3n) is 4.50. The summed E-state index contributed by atoms with van der Waals surface area (Å²) >= 11 is 0. The van der Waals surface area contributed by atoms with Gasteiger partial charge < -0.3 is 10.1 Å². The molecule has 3 rings (SSSR count). The number of esters is 1. The van der Waals surface area contributed by atoms with Crippen molar-refractivity contribution in [1.29, 1.82) is 0 Å². The van der Waals surface area contributed by atoms with Gasteiger partial charge in [0.1, 0.15) is 0 Å². The molecule has 1 aromatic heterocycles. The Bertz CT molecular complexity index is 747. The quantitative estimate of drug-likeness (QED) is 0.873. The van der Waals surface area contributed by atoms with Gasteiger partial charge in [-0.3, -0.25) is 14.8 Å². The lowest BCUT2D eigenvalue weighted by molar-refractivity contribution is -0.125. The van der Waals surface area contributed by atoms with E-state index in [0.29, 0.717) is 22.5 Å². The fourth-order valence-corrected chi connectivity index (χ4v) is 3.08. The molecule has 1 fully saturated rings. The molecule has 0 saturated heterocycles. The number of benzene rings is 1. The van der Waals surface area contributed by atoms with Gasteiger partial charge in [-0.05, 0) is 37.0 Å². The van der Waals surface area contributed by atoms with Crippen LogP contribution in [-0.2, 0) is 9.53 Å². The Balaban J connectivity index is 1.55. The van der Waals surface area contributed by atoms with Crippen molar-refractivity contribution in [2.24, 2.45) is 5.92 Å². The summed E-state index contributed by atoms with van der Waals surface area (Å²) in [5.41, 5.74) is 1.69. The highest BCUT2D eigenvalue weighted by molar-refractivity contribution is 5.94. The Morgan fingerprint density at radius 1 is 1.17 bits per heavy atom. The minimum Gasteiger partial charge on any atom is -0.452 e. The van der Waals surface area contributed by atoms with Crippen LogP contribution >= 0.6 is 0 Å². The summed E-state index contributed by atoms with van der Waals surface area (Å²) in [6.07, 6.45) is 7.63. The van der Waals surface area contributed by atoms with Crippen LogP contribution in [0.1, 0.15) is 43.0 Å². The van der Waals surface area contributed by atoms with Gasteiger partial charge in [0.05, 0.1) is 16.6 Å². The van der Waals surface area contributed by atoms with Crippen molar-refractivity contribution in [1.82, 2.24) is 15.3 Å². The minimum absolute atomic E-state index is 0.181. The van der Waals surface area contributed by atoms with E-state index in [1.165, 1.54) is 6.42 Å². The van der Waals surface area contributed by atoms with E-state index in [4.69, 9.17) is 4.74 Å². The molecular weight excluding hydrogens is 306 g/mol. The van der Waals surface area contributed by atoms with Gasteiger partial charge in [-0.1, -0.05) is 19.8 Å². The van der Waals surface area contributed by atoms with E-state index in [1.807, 2.05) is 0 Å². The van der Waals surface area contributed by atoms with Gasteiger partial charge in [-0.15, -0.1) is 0 Å². The fourth-order valence-electron chi connectivity index (χ4n) is 3.08. The molecule has 1 N–H and O–H groups in total. The molecule has 2 aromatic rings. The minimum atomic E-state index is -0.533. The smallest absolute Gasteiger partial charge is 0.338 e. The van der Waals surface area contributed by atoms with Crippen molar-refractivity contribution in [3.05, 3.63) is 36.2 Å². The van der Waals surface area contributed by atoms with Crippen molar-refractivity contribution in [2.75, 3.05) is 6.61 Å². The van der Waals surface area contributed by atoms with E-state index < -0.39 is 5.97 Å². The first kappa shape index (κ1) is 16.4. The molecule has 1 amide bonds. The van der Waals surface area contributed by atoms with Crippen LogP contribution in [0.15, 0.2) is 30.6 Å². The molecule has 126 valence electrons. The highest BCUT2D eigenvalue weighted by Gasteiger charge is 2.23. The molecule has 1 heterocycles. The van der Waals surface area contributed by atoms with Gasteiger partial charge in [0.15, 0.2) is 6.61 Å². The number of carbonyl (C=O) groups excluding carboxylic acids is 2. The molecule has 0 bridgehead atoms. The van der Waals surface area contributed by atoms with Crippen molar-refractivity contribution >= 4 is 22.9 Å². The lowest BCUT2D eigenvalue weighted by atomic mass is 9.86. The van der Waals surface area contributed by atoms with E-state index >= 15 is 0 Å². The average molecular weight is 327 g/mol. The van der Waals surface area contributed by atoms with Crippen molar-refractivity contribution in [3.8, 4) is 0 Å². The summed E-state index contributed by atoms with van der Waals surface area (Å²) in [4.78, 5) is 32.4. The monoisotopic (exact) mass is 327 g/mol. The number of amides is 1. The largest absolute Gasteiger partial charge is 0.452 e. The lowest BCUT2D eigenvalue weighted by Gasteiger charge is -2.29. The maximum absolute atomic E-state index is 12.1. The molecular formula is C18H21N3O3. The standard InChI is InChI=1S/C18H21N3O3/c1-12-4-2-3-5-14(12)21-17(22)11-24-18(23)13-6-7-15-16(10-13)20-9-8-19-15/h6-10,12,14H,2-5,11H2,1H3,(H,21,22)/t12-,14+/m0/s1. The lowest BCUT2D eigenvalue weighted by Crippen LogP contribution is -2.42. The second-order valence-corrected chi connectivity index (χ2v) is 6.27. The maximum atomic E-state index is 12.1. The zero-order valence-electron chi connectivity index (χ0n) is 13.7. The van der Waals surface area contributed by atoms with Crippen molar-refractivity contribution < 1.29 is 14.3 Å². The second-order valence-electron chi connectivity index (χ2n) is 6.27. The Morgan fingerprint density at radius 3 is 2.71 bits per heavy atom. The number of rotatable bonds is 4. The Kier molecular flexibility index (Phi) is 5.03. The van der Waals surface area contributed by atoms with Gasteiger partial charge in [-0.25, -0.2) is 4.79 Å². The molecule has 0 aliphatic heterocycles. The van der Waals surface area contributed by atoms with Crippen molar-refractivity contribution in [2.45, 2.75) is 38.6 Å². The molecule has 1 saturated carbocycles. The summed E-state index contributed by atoms with van der Waals surface area (Å²) in [5, 5.41) is 2.97. The SMILES string of the molecule is C[C@H]1CCCC[C@H]1NC(=O)COC(=O)c1ccc2nccnc2c1. The maximum Gasteiger partial charge on any atom is 0.338 e. The molecule has 0 unspecified atom stereocenters. The number of nitrogens with one attached hydrogen (secondary N) is 1. The molecule has 0 radical (unpaired) electrons. The van der Waals surface area contributed by atoms with Gasteiger partial charge in [0, 0.05) is 18.4 Å². The second kappa shape index (κ2) is 7.38. The van der Waals surface area contributed by atoms with E-state index in [0.717, 1.165) is 19.3 Å². The number of fused-ring (bicyclic) bond motifs is 1. The molecule has 24 heavy (non-hydrogen) atoms. The zero-order valence-corrected chi connectivity index (χ0v) is 13.7. The Morgan fingerprint density at radius 2 is 1.92 bits per heavy atom. The van der Waals surface area contributed by atoms with Crippen LogP contribution in [0.3, 0.4) is 0 Å². The molecule has 6 nitrogen and oxygen atoms in total.